The lowest BCUT2D eigenvalue weighted by molar-refractivity contribution is -0.121. The zero-order valence-electron chi connectivity index (χ0n) is 10.3. The van der Waals surface area contributed by atoms with Crippen molar-refractivity contribution in [2.45, 2.75) is 25.9 Å². The predicted molar refractivity (Wildman–Crippen MR) is 75.3 cm³/mol. The number of nitrogens with two attached hydrogens (primary N) is 1. The molecule has 0 bridgehead atoms. The Kier molecular flexibility index (Phi) is 4.24. The highest BCUT2D eigenvalue weighted by molar-refractivity contribution is 9.10. The number of rotatable bonds is 3. The molecule has 0 saturated carbocycles. The van der Waals surface area contributed by atoms with Gasteiger partial charge in [0, 0.05) is 22.5 Å². The van der Waals surface area contributed by atoms with E-state index in [9.17, 15) is 4.79 Å². The summed E-state index contributed by atoms with van der Waals surface area (Å²) in [5, 5.41) is 2.90. The first kappa shape index (κ1) is 13.4. The van der Waals surface area contributed by atoms with Crippen LogP contribution in [0.4, 0.5) is 11.4 Å². The highest BCUT2D eigenvalue weighted by Gasteiger charge is 2.32. The lowest BCUT2D eigenvalue weighted by Gasteiger charge is -2.16. The van der Waals surface area contributed by atoms with E-state index in [0.717, 1.165) is 23.0 Å². The molecule has 1 saturated heterocycles. The number of halogens is 1. The normalized spacial score (nSPS) is 23.0. The van der Waals surface area contributed by atoms with E-state index in [-0.39, 0.29) is 17.9 Å². The minimum Gasteiger partial charge on any atom is -0.398 e. The molecule has 0 aromatic heterocycles. The first-order valence-electron chi connectivity index (χ1n) is 6.09. The topological polar surface area (TPSA) is 64.3 Å². The molecule has 2 atom stereocenters. The average molecular weight is 313 g/mol. The lowest BCUT2D eigenvalue weighted by Crippen LogP contribution is -2.29. The fraction of sp³-hybridized carbons (Fsp3) is 0.462. The molecule has 2 unspecified atom stereocenters. The molecule has 5 heteroatoms. The summed E-state index contributed by atoms with van der Waals surface area (Å²) in [5.41, 5.74) is 7.12. The molecule has 0 spiro atoms. The SMILES string of the molecule is CCC1OCCC1C(=O)Nc1ccc(Br)c(N)c1. The quantitative estimate of drug-likeness (QED) is 0.843. The van der Waals surface area contributed by atoms with Crippen molar-refractivity contribution in [2.24, 2.45) is 5.92 Å². The second-order valence-corrected chi connectivity index (χ2v) is 5.29. The van der Waals surface area contributed by atoms with E-state index < -0.39 is 0 Å². The molecule has 1 aromatic rings. The molecule has 0 radical (unpaired) electrons. The number of hydrogen-bond acceptors (Lipinski definition) is 3. The maximum atomic E-state index is 12.1. The molecule has 1 aliphatic heterocycles. The van der Waals surface area contributed by atoms with Gasteiger partial charge in [0.05, 0.1) is 12.0 Å². The summed E-state index contributed by atoms with van der Waals surface area (Å²) in [6, 6.07) is 5.40. The molecule has 3 N–H and O–H groups in total. The van der Waals surface area contributed by atoms with Crippen molar-refractivity contribution in [1.29, 1.82) is 0 Å². The number of anilines is 2. The summed E-state index contributed by atoms with van der Waals surface area (Å²) in [6.07, 6.45) is 1.69. The first-order valence-corrected chi connectivity index (χ1v) is 6.88. The molecule has 1 heterocycles. The van der Waals surface area contributed by atoms with Gasteiger partial charge in [-0.05, 0) is 47.0 Å². The number of nitrogens with one attached hydrogen (secondary N) is 1. The van der Waals surface area contributed by atoms with E-state index in [1.54, 1.807) is 6.07 Å². The number of carbonyl (C=O) groups excluding carboxylic acids is 1. The number of carbonyl (C=O) groups is 1. The fourth-order valence-corrected chi connectivity index (χ4v) is 2.45. The highest BCUT2D eigenvalue weighted by atomic mass is 79.9. The van der Waals surface area contributed by atoms with Crippen LogP contribution in [0.15, 0.2) is 22.7 Å². The summed E-state index contributed by atoms with van der Waals surface area (Å²) in [5.74, 6) is -0.0408. The van der Waals surface area contributed by atoms with Crippen molar-refractivity contribution >= 4 is 33.2 Å². The maximum Gasteiger partial charge on any atom is 0.230 e. The predicted octanol–water partition coefficient (Wildman–Crippen LogP) is 2.78. The van der Waals surface area contributed by atoms with Crippen LogP contribution in [-0.2, 0) is 9.53 Å². The molecule has 18 heavy (non-hydrogen) atoms. The van der Waals surface area contributed by atoms with Crippen LogP contribution < -0.4 is 11.1 Å². The van der Waals surface area contributed by atoms with Crippen LogP contribution in [0.1, 0.15) is 19.8 Å². The van der Waals surface area contributed by atoms with Crippen molar-refractivity contribution in [1.82, 2.24) is 0 Å². The van der Waals surface area contributed by atoms with Gasteiger partial charge in [-0.2, -0.15) is 0 Å². The summed E-state index contributed by atoms with van der Waals surface area (Å²) in [7, 11) is 0. The third kappa shape index (κ3) is 2.84. The second-order valence-electron chi connectivity index (χ2n) is 4.44. The highest BCUT2D eigenvalue weighted by Crippen LogP contribution is 2.27. The molecule has 1 aliphatic rings. The summed E-state index contributed by atoms with van der Waals surface area (Å²) < 4.78 is 6.35. The Labute approximate surface area is 115 Å². The largest absolute Gasteiger partial charge is 0.398 e. The molecule has 2 rings (SSSR count). The van der Waals surface area contributed by atoms with Gasteiger partial charge in [0.25, 0.3) is 0 Å². The van der Waals surface area contributed by atoms with Gasteiger partial charge in [-0.15, -0.1) is 0 Å². The van der Waals surface area contributed by atoms with Crippen molar-refractivity contribution in [3.8, 4) is 0 Å². The van der Waals surface area contributed by atoms with E-state index in [2.05, 4.69) is 21.2 Å². The lowest BCUT2D eigenvalue weighted by atomic mass is 9.98. The van der Waals surface area contributed by atoms with E-state index in [4.69, 9.17) is 10.5 Å². The zero-order chi connectivity index (χ0) is 13.1. The Morgan fingerprint density at radius 3 is 3.06 bits per heavy atom. The monoisotopic (exact) mass is 312 g/mol. The van der Waals surface area contributed by atoms with Gasteiger partial charge < -0.3 is 15.8 Å². The Morgan fingerprint density at radius 1 is 1.61 bits per heavy atom. The summed E-state index contributed by atoms with van der Waals surface area (Å²) in [4.78, 5) is 12.1. The Hall–Kier alpha value is -1.07. The Morgan fingerprint density at radius 2 is 2.39 bits per heavy atom. The molecule has 1 fully saturated rings. The third-order valence-electron chi connectivity index (χ3n) is 3.21. The molecule has 4 nitrogen and oxygen atoms in total. The fourth-order valence-electron chi connectivity index (χ4n) is 2.21. The average Bonchev–Trinajstić information content (AvgIpc) is 2.82. The number of benzene rings is 1. The minimum atomic E-state index is -0.0557. The van der Waals surface area contributed by atoms with Crippen LogP contribution in [0.3, 0.4) is 0 Å². The van der Waals surface area contributed by atoms with Gasteiger partial charge in [0.1, 0.15) is 0 Å². The third-order valence-corrected chi connectivity index (χ3v) is 3.93. The van der Waals surface area contributed by atoms with Gasteiger partial charge in [0.2, 0.25) is 5.91 Å². The second kappa shape index (κ2) is 5.71. The zero-order valence-corrected chi connectivity index (χ0v) is 11.9. The van der Waals surface area contributed by atoms with Gasteiger partial charge in [0.15, 0.2) is 0 Å². The Bertz CT molecular complexity index is 451. The van der Waals surface area contributed by atoms with Crippen molar-refractivity contribution in [3.05, 3.63) is 22.7 Å². The summed E-state index contributed by atoms with van der Waals surface area (Å²) in [6.45, 7) is 2.70. The van der Waals surface area contributed by atoms with Crippen LogP contribution in [0.25, 0.3) is 0 Å². The molecule has 98 valence electrons. The van der Waals surface area contributed by atoms with Crippen LogP contribution in [0, 0.1) is 5.92 Å². The number of ether oxygens (including phenoxy) is 1. The molecule has 0 aliphatic carbocycles. The molecular weight excluding hydrogens is 296 g/mol. The van der Waals surface area contributed by atoms with Crippen LogP contribution >= 0.6 is 15.9 Å². The van der Waals surface area contributed by atoms with Crippen molar-refractivity contribution in [3.63, 3.8) is 0 Å². The molecule has 1 aromatic carbocycles. The van der Waals surface area contributed by atoms with Gasteiger partial charge in [-0.3, -0.25) is 4.79 Å². The number of amides is 1. The maximum absolute atomic E-state index is 12.1. The van der Waals surface area contributed by atoms with E-state index in [1.165, 1.54) is 0 Å². The minimum absolute atomic E-state index is 0.0149. The van der Waals surface area contributed by atoms with Crippen LogP contribution in [-0.4, -0.2) is 18.6 Å². The molecule has 1 amide bonds. The standard InChI is InChI=1S/C13H17BrN2O2/c1-2-12-9(5-6-18-12)13(17)16-8-3-4-10(14)11(15)7-8/h3-4,7,9,12H,2,5-6,15H2,1H3,(H,16,17). The smallest absolute Gasteiger partial charge is 0.230 e. The first-order chi connectivity index (χ1) is 8.61. The Balaban J connectivity index is 2.04. The number of nitrogen functional groups attached to an aromatic ring is 1. The summed E-state index contributed by atoms with van der Waals surface area (Å²) >= 11 is 3.32. The van der Waals surface area contributed by atoms with E-state index in [0.29, 0.717) is 12.3 Å². The number of hydrogen-bond donors (Lipinski definition) is 2. The molecular formula is C13H17BrN2O2. The van der Waals surface area contributed by atoms with E-state index >= 15 is 0 Å². The van der Waals surface area contributed by atoms with Crippen molar-refractivity contribution < 1.29 is 9.53 Å². The van der Waals surface area contributed by atoms with Crippen molar-refractivity contribution in [2.75, 3.05) is 17.7 Å². The van der Waals surface area contributed by atoms with Gasteiger partial charge >= 0.3 is 0 Å². The van der Waals surface area contributed by atoms with Crippen LogP contribution in [0.2, 0.25) is 0 Å². The van der Waals surface area contributed by atoms with Gasteiger partial charge in [-0.25, -0.2) is 0 Å². The van der Waals surface area contributed by atoms with Gasteiger partial charge in [-0.1, -0.05) is 6.92 Å². The van der Waals surface area contributed by atoms with Crippen LogP contribution in [0.5, 0.6) is 0 Å². The van der Waals surface area contributed by atoms with E-state index in [1.807, 2.05) is 19.1 Å².